The summed E-state index contributed by atoms with van der Waals surface area (Å²) < 4.78 is 45.5. The molecule has 1 atom stereocenters. The van der Waals surface area contributed by atoms with Crippen molar-refractivity contribution in [1.29, 1.82) is 0 Å². The second kappa shape index (κ2) is 7.66. The molecule has 0 aromatic heterocycles. The molecule has 1 aromatic rings. The van der Waals surface area contributed by atoms with Gasteiger partial charge in [0.25, 0.3) is 0 Å². The van der Waals surface area contributed by atoms with Gasteiger partial charge in [-0.05, 0) is 25.1 Å². The molecular weight excluding hydrogens is 361 g/mol. The van der Waals surface area contributed by atoms with Gasteiger partial charge in [0.05, 0.1) is 13.0 Å². The Kier molecular flexibility index (Phi) is 6.11. The van der Waals surface area contributed by atoms with Crippen LogP contribution in [0.15, 0.2) is 22.7 Å². The van der Waals surface area contributed by atoms with Crippen LogP contribution in [0.2, 0.25) is 0 Å². The first-order valence-corrected chi connectivity index (χ1v) is 8.14. The second-order valence-corrected chi connectivity index (χ2v) is 6.15. The van der Waals surface area contributed by atoms with Crippen molar-refractivity contribution in [2.24, 2.45) is 0 Å². The minimum atomic E-state index is -4.22. The standard InChI is InChI=1S/C15H20BrF3N2O/c1-2-22-14-4-3-11(16)9-12(14)13(10-15(17,18)19)21-7-5-20-6-8-21/h3-4,9,13,20H,2,5-8,10H2,1H3/t13-/m0/s1. The first-order chi connectivity index (χ1) is 10.4. The summed E-state index contributed by atoms with van der Waals surface area (Å²) in [6.45, 7) is 4.85. The van der Waals surface area contributed by atoms with Crippen molar-refractivity contribution >= 4 is 15.9 Å². The van der Waals surface area contributed by atoms with Crippen LogP contribution in [0.3, 0.4) is 0 Å². The molecule has 0 bridgehead atoms. The summed E-state index contributed by atoms with van der Waals surface area (Å²) >= 11 is 3.35. The molecule has 1 N–H and O–H groups in total. The van der Waals surface area contributed by atoms with Crippen LogP contribution in [0.1, 0.15) is 24.9 Å². The van der Waals surface area contributed by atoms with E-state index >= 15 is 0 Å². The van der Waals surface area contributed by atoms with Crippen molar-refractivity contribution in [2.45, 2.75) is 25.6 Å². The predicted octanol–water partition coefficient (Wildman–Crippen LogP) is 3.75. The third kappa shape index (κ3) is 4.86. The third-order valence-corrected chi connectivity index (χ3v) is 4.14. The quantitative estimate of drug-likeness (QED) is 0.841. The summed E-state index contributed by atoms with van der Waals surface area (Å²) in [5.74, 6) is 0.526. The largest absolute Gasteiger partial charge is 0.494 e. The molecule has 1 saturated heterocycles. The van der Waals surface area contributed by atoms with Gasteiger partial charge in [-0.15, -0.1) is 0 Å². The number of nitrogens with one attached hydrogen (secondary N) is 1. The highest BCUT2D eigenvalue weighted by Gasteiger charge is 2.37. The molecular formula is C15H20BrF3N2O. The van der Waals surface area contributed by atoms with Gasteiger partial charge in [0.1, 0.15) is 5.75 Å². The highest BCUT2D eigenvalue weighted by Crippen LogP contribution is 2.39. The molecule has 1 heterocycles. The SMILES string of the molecule is CCOc1ccc(Br)cc1[C@H](CC(F)(F)F)N1CCNCC1. The van der Waals surface area contributed by atoms with Crippen molar-refractivity contribution in [3.63, 3.8) is 0 Å². The summed E-state index contributed by atoms with van der Waals surface area (Å²) in [6, 6.07) is 4.54. The van der Waals surface area contributed by atoms with Gasteiger partial charge < -0.3 is 10.1 Å². The Labute approximate surface area is 136 Å². The first kappa shape index (κ1) is 17.6. The van der Waals surface area contributed by atoms with Crippen LogP contribution in [-0.2, 0) is 0 Å². The van der Waals surface area contributed by atoms with E-state index in [0.717, 1.165) is 4.47 Å². The molecule has 0 spiro atoms. The summed E-state index contributed by atoms with van der Waals surface area (Å²) in [7, 11) is 0. The maximum atomic E-state index is 13.1. The van der Waals surface area contributed by atoms with Gasteiger partial charge in [0.2, 0.25) is 0 Å². The molecule has 22 heavy (non-hydrogen) atoms. The van der Waals surface area contributed by atoms with Gasteiger partial charge in [0.15, 0.2) is 0 Å². The van der Waals surface area contributed by atoms with Crippen molar-refractivity contribution in [2.75, 3.05) is 32.8 Å². The maximum absolute atomic E-state index is 13.1. The average molecular weight is 381 g/mol. The minimum absolute atomic E-state index is 0.426. The van der Waals surface area contributed by atoms with Crippen LogP contribution >= 0.6 is 15.9 Å². The second-order valence-electron chi connectivity index (χ2n) is 5.24. The molecule has 3 nitrogen and oxygen atoms in total. The molecule has 7 heteroatoms. The Morgan fingerprint density at radius 1 is 1.32 bits per heavy atom. The van der Waals surface area contributed by atoms with E-state index in [1.54, 1.807) is 18.2 Å². The zero-order valence-electron chi connectivity index (χ0n) is 12.4. The lowest BCUT2D eigenvalue weighted by Crippen LogP contribution is -2.46. The summed E-state index contributed by atoms with van der Waals surface area (Å²) in [4.78, 5) is 1.88. The van der Waals surface area contributed by atoms with E-state index in [9.17, 15) is 13.2 Å². The van der Waals surface area contributed by atoms with Crippen molar-refractivity contribution in [3.8, 4) is 5.75 Å². The molecule has 1 aliphatic rings. The molecule has 0 amide bonds. The van der Waals surface area contributed by atoms with Crippen LogP contribution in [-0.4, -0.2) is 43.9 Å². The number of hydrogen-bond acceptors (Lipinski definition) is 3. The van der Waals surface area contributed by atoms with Gasteiger partial charge in [0, 0.05) is 42.3 Å². The lowest BCUT2D eigenvalue weighted by molar-refractivity contribution is -0.148. The number of piperazine rings is 1. The molecule has 1 aromatic carbocycles. The maximum Gasteiger partial charge on any atom is 0.390 e. The predicted molar refractivity (Wildman–Crippen MR) is 83.2 cm³/mol. The summed E-state index contributed by atoms with van der Waals surface area (Å²) in [5, 5.41) is 3.17. The first-order valence-electron chi connectivity index (χ1n) is 7.34. The van der Waals surface area contributed by atoms with E-state index in [0.29, 0.717) is 44.1 Å². The Bertz CT molecular complexity index is 490. The van der Waals surface area contributed by atoms with Crippen LogP contribution in [0.25, 0.3) is 0 Å². The Morgan fingerprint density at radius 3 is 2.59 bits per heavy atom. The highest BCUT2D eigenvalue weighted by molar-refractivity contribution is 9.10. The fraction of sp³-hybridized carbons (Fsp3) is 0.600. The van der Waals surface area contributed by atoms with Crippen LogP contribution in [0.4, 0.5) is 13.2 Å². The van der Waals surface area contributed by atoms with Crippen LogP contribution < -0.4 is 10.1 Å². The Morgan fingerprint density at radius 2 is 2.00 bits per heavy atom. The van der Waals surface area contributed by atoms with E-state index in [2.05, 4.69) is 21.2 Å². The lowest BCUT2D eigenvalue weighted by Gasteiger charge is -2.36. The molecule has 2 rings (SSSR count). The summed E-state index contributed by atoms with van der Waals surface area (Å²) in [6.07, 6.45) is -5.09. The van der Waals surface area contributed by atoms with Crippen LogP contribution in [0, 0.1) is 0 Å². The zero-order chi connectivity index (χ0) is 16.2. The van der Waals surface area contributed by atoms with Crippen molar-refractivity contribution < 1.29 is 17.9 Å². The Hall–Kier alpha value is -0.790. The average Bonchev–Trinajstić information content (AvgIpc) is 2.47. The molecule has 0 unspecified atom stereocenters. The molecule has 0 radical (unpaired) electrons. The van der Waals surface area contributed by atoms with Crippen molar-refractivity contribution in [3.05, 3.63) is 28.2 Å². The minimum Gasteiger partial charge on any atom is -0.494 e. The molecule has 124 valence electrons. The number of halogens is 4. The molecule has 1 fully saturated rings. The van der Waals surface area contributed by atoms with Crippen molar-refractivity contribution in [1.82, 2.24) is 10.2 Å². The number of benzene rings is 1. The van der Waals surface area contributed by atoms with Gasteiger partial charge >= 0.3 is 6.18 Å². The number of nitrogens with zero attached hydrogens (tertiary/aromatic N) is 1. The van der Waals surface area contributed by atoms with E-state index in [1.807, 2.05) is 11.8 Å². The fourth-order valence-electron chi connectivity index (χ4n) is 2.72. The summed E-state index contributed by atoms with van der Waals surface area (Å²) in [5.41, 5.74) is 0.593. The number of ether oxygens (including phenoxy) is 1. The Balaban J connectivity index is 2.36. The molecule has 1 aliphatic heterocycles. The molecule has 0 saturated carbocycles. The highest BCUT2D eigenvalue weighted by atomic mass is 79.9. The topological polar surface area (TPSA) is 24.5 Å². The van der Waals surface area contributed by atoms with Crippen LogP contribution in [0.5, 0.6) is 5.75 Å². The smallest absolute Gasteiger partial charge is 0.390 e. The number of hydrogen-bond donors (Lipinski definition) is 1. The van der Waals surface area contributed by atoms with E-state index in [4.69, 9.17) is 4.74 Å². The monoisotopic (exact) mass is 380 g/mol. The third-order valence-electron chi connectivity index (χ3n) is 3.65. The number of rotatable bonds is 5. The molecule has 0 aliphatic carbocycles. The van der Waals surface area contributed by atoms with Gasteiger partial charge in [-0.1, -0.05) is 15.9 Å². The fourth-order valence-corrected chi connectivity index (χ4v) is 3.09. The van der Waals surface area contributed by atoms with E-state index < -0.39 is 18.6 Å². The number of alkyl halides is 3. The van der Waals surface area contributed by atoms with Gasteiger partial charge in [-0.2, -0.15) is 13.2 Å². The lowest BCUT2D eigenvalue weighted by atomic mass is 9.99. The van der Waals surface area contributed by atoms with E-state index in [-0.39, 0.29) is 0 Å². The van der Waals surface area contributed by atoms with Gasteiger partial charge in [-0.3, -0.25) is 4.90 Å². The normalized spacial score (nSPS) is 18.2. The van der Waals surface area contributed by atoms with Gasteiger partial charge in [-0.25, -0.2) is 0 Å². The van der Waals surface area contributed by atoms with E-state index in [1.165, 1.54) is 0 Å². The zero-order valence-corrected chi connectivity index (χ0v) is 14.0.